The first-order valence-electron chi connectivity index (χ1n) is 5.16. The molecule has 0 aliphatic heterocycles. The number of amides is 1. The molecule has 6 nitrogen and oxygen atoms in total. The van der Waals surface area contributed by atoms with E-state index in [2.05, 4.69) is 11.9 Å². The second-order valence-electron chi connectivity index (χ2n) is 3.36. The van der Waals surface area contributed by atoms with Crippen LogP contribution >= 0.6 is 0 Å². The lowest BCUT2D eigenvalue weighted by molar-refractivity contribution is -0.116. The molecule has 0 aromatic heterocycles. The van der Waals surface area contributed by atoms with Crippen molar-refractivity contribution >= 4 is 5.91 Å². The quantitative estimate of drug-likeness (QED) is 0.343. The number of rotatable bonds is 9. The van der Waals surface area contributed by atoms with Crippen LogP contribution in [0.2, 0.25) is 0 Å². The van der Waals surface area contributed by atoms with Gasteiger partial charge in [-0.2, -0.15) is 0 Å². The first-order valence-corrected chi connectivity index (χ1v) is 5.16. The third-order valence-corrected chi connectivity index (χ3v) is 2.01. The van der Waals surface area contributed by atoms with E-state index in [-0.39, 0.29) is 25.7 Å². The van der Waals surface area contributed by atoms with Gasteiger partial charge in [0.25, 0.3) is 0 Å². The molecule has 0 saturated carbocycles. The zero-order valence-electron chi connectivity index (χ0n) is 9.30. The zero-order valence-corrected chi connectivity index (χ0v) is 9.30. The van der Waals surface area contributed by atoms with Crippen molar-refractivity contribution in [3.05, 3.63) is 12.7 Å². The largest absolute Gasteiger partial charge is 0.395 e. The van der Waals surface area contributed by atoms with Gasteiger partial charge in [0.15, 0.2) is 0 Å². The van der Waals surface area contributed by atoms with Crippen molar-refractivity contribution in [1.29, 1.82) is 0 Å². The number of carbonyl (C=O) groups excluding carboxylic acids is 1. The third-order valence-electron chi connectivity index (χ3n) is 2.01. The van der Waals surface area contributed by atoms with Gasteiger partial charge in [0.1, 0.15) is 0 Å². The molecule has 0 saturated heterocycles. The number of carbonyl (C=O) groups is 1. The molecular formula is C10H20N2O4. The van der Waals surface area contributed by atoms with Crippen LogP contribution in [0.5, 0.6) is 0 Å². The first-order chi connectivity index (χ1) is 7.63. The fraction of sp³-hybridized carbons (Fsp3) is 0.700. The minimum absolute atomic E-state index is 0.0342. The number of nitrogens with one attached hydrogen (secondary N) is 1. The smallest absolute Gasteiger partial charge is 0.243 e. The van der Waals surface area contributed by atoms with Gasteiger partial charge in [-0.1, -0.05) is 6.58 Å². The van der Waals surface area contributed by atoms with Gasteiger partial charge in [0.05, 0.1) is 19.3 Å². The minimum Gasteiger partial charge on any atom is -0.395 e. The Bertz CT molecular complexity index is 211. The Kier molecular flexibility index (Phi) is 8.74. The Morgan fingerprint density at radius 3 is 2.62 bits per heavy atom. The van der Waals surface area contributed by atoms with Crippen molar-refractivity contribution in [1.82, 2.24) is 10.2 Å². The van der Waals surface area contributed by atoms with Crippen molar-refractivity contribution in [2.45, 2.75) is 6.10 Å². The van der Waals surface area contributed by atoms with Crippen LogP contribution in [0.1, 0.15) is 0 Å². The molecule has 0 aliphatic carbocycles. The summed E-state index contributed by atoms with van der Waals surface area (Å²) in [5.74, 6) is -0.258. The van der Waals surface area contributed by atoms with Crippen molar-refractivity contribution in [2.75, 3.05) is 39.4 Å². The lowest BCUT2D eigenvalue weighted by Gasteiger charge is -2.23. The van der Waals surface area contributed by atoms with E-state index in [4.69, 9.17) is 10.2 Å². The molecule has 0 radical (unpaired) electrons. The Hall–Kier alpha value is -0.950. The third kappa shape index (κ3) is 7.36. The van der Waals surface area contributed by atoms with Crippen LogP contribution in [0.3, 0.4) is 0 Å². The summed E-state index contributed by atoms with van der Waals surface area (Å²) in [5.41, 5.74) is 0. The van der Waals surface area contributed by atoms with Gasteiger partial charge in [0, 0.05) is 26.2 Å². The number of hydrogen-bond donors (Lipinski definition) is 4. The molecule has 1 amide bonds. The Morgan fingerprint density at radius 1 is 1.44 bits per heavy atom. The molecule has 4 N–H and O–H groups in total. The van der Waals surface area contributed by atoms with Crippen molar-refractivity contribution in [3.63, 3.8) is 0 Å². The maximum Gasteiger partial charge on any atom is 0.243 e. The number of nitrogens with zero attached hydrogens (tertiary/aromatic N) is 1. The highest BCUT2D eigenvalue weighted by molar-refractivity contribution is 5.86. The van der Waals surface area contributed by atoms with E-state index in [1.807, 2.05) is 0 Å². The molecule has 0 aromatic carbocycles. The number of aliphatic hydroxyl groups excluding tert-OH is 3. The summed E-state index contributed by atoms with van der Waals surface area (Å²) in [5, 5.41) is 29.3. The molecule has 0 fully saturated rings. The summed E-state index contributed by atoms with van der Waals surface area (Å²) in [6.07, 6.45) is 0.348. The van der Waals surface area contributed by atoms with E-state index in [0.29, 0.717) is 19.6 Å². The average molecular weight is 232 g/mol. The molecule has 0 aromatic rings. The summed E-state index contributed by atoms with van der Waals surface area (Å²) in [4.78, 5) is 12.6. The topological polar surface area (TPSA) is 93.0 Å². The minimum atomic E-state index is -0.832. The van der Waals surface area contributed by atoms with E-state index < -0.39 is 6.10 Å². The van der Waals surface area contributed by atoms with Gasteiger partial charge in [-0.15, -0.1) is 0 Å². The molecule has 1 atom stereocenters. The molecule has 94 valence electrons. The summed E-state index contributed by atoms with van der Waals surface area (Å²) < 4.78 is 0. The molecule has 0 bridgehead atoms. The SMILES string of the molecule is C=CC(=O)NCCN(CCO)CC(O)CO. The molecule has 0 rings (SSSR count). The Morgan fingerprint density at radius 2 is 2.12 bits per heavy atom. The maximum absolute atomic E-state index is 10.8. The van der Waals surface area contributed by atoms with Gasteiger partial charge in [-0.25, -0.2) is 0 Å². The van der Waals surface area contributed by atoms with Gasteiger partial charge in [-0.3, -0.25) is 9.69 Å². The zero-order chi connectivity index (χ0) is 12.4. The molecule has 16 heavy (non-hydrogen) atoms. The van der Waals surface area contributed by atoms with E-state index in [1.54, 1.807) is 4.90 Å². The fourth-order valence-corrected chi connectivity index (χ4v) is 1.20. The van der Waals surface area contributed by atoms with Gasteiger partial charge in [0.2, 0.25) is 5.91 Å². The molecule has 6 heteroatoms. The van der Waals surface area contributed by atoms with Crippen LogP contribution in [0.15, 0.2) is 12.7 Å². The predicted molar refractivity (Wildman–Crippen MR) is 59.8 cm³/mol. The van der Waals surface area contributed by atoms with Crippen LogP contribution < -0.4 is 5.32 Å². The summed E-state index contributed by atoms with van der Waals surface area (Å²) >= 11 is 0. The van der Waals surface area contributed by atoms with E-state index in [9.17, 15) is 9.90 Å². The summed E-state index contributed by atoms with van der Waals surface area (Å²) in [6, 6.07) is 0. The second kappa shape index (κ2) is 9.29. The molecule has 0 spiro atoms. The number of aliphatic hydroxyl groups is 3. The van der Waals surface area contributed by atoms with Crippen LogP contribution in [-0.2, 0) is 4.79 Å². The normalized spacial score (nSPS) is 12.5. The second-order valence-corrected chi connectivity index (χ2v) is 3.36. The van der Waals surface area contributed by atoms with Gasteiger partial charge < -0.3 is 20.6 Å². The van der Waals surface area contributed by atoms with Gasteiger partial charge >= 0.3 is 0 Å². The predicted octanol–water partition coefficient (Wildman–Crippen LogP) is -2.06. The molecular weight excluding hydrogens is 212 g/mol. The molecule has 1 unspecified atom stereocenters. The maximum atomic E-state index is 10.8. The van der Waals surface area contributed by atoms with Crippen molar-refractivity contribution in [3.8, 4) is 0 Å². The lowest BCUT2D eigenvalue weighted by Crippen LogP contribution is -2.40. The number of hydrogen-bond acceptors (Lipinski definition) is 5. The Labute approximate surface area is 95.2 Å². The average Bonchev–Trinajstić information content (AvgIpc) is 2.28. The summed E-state index contributed by atoms with van der Waals surface area (Å²) in [6.45, 7) is 4.52. The lowest BCUT2D eigenvalue weighted by atomic mass is 10.3. The van der Waals surface area contributed by atoms with Crippen LogP contribution in [-0.4, -0.2) is 71.6 Å². The fourth-order valence-electron chi connectivity index (χ4n) is 1.20. The Balaban J connectivity index is 3.83. The van der Waals surface area contributed by atoms with Gasteiger partial charge in [-0.05, 0) is 6.08 Å². The first kappa shape index (κ1) is 15.0. The van der Waals surface area contributed by atoms with Crippen molar-refractivity contribution in [2.24, 2.45) is 0 Å². The highest BCUT2D eigenvalue weighted by atomic mass is 16.3. The molecule has 0 aliphatic rings. The van der Waals surface area contributed by atoms with Crippen LogP contribution in [0.4, 0.5) is 0 Å². The van der Waals surface area contributed by atoms with E-state index >= 15 is 0 Å². The van der Waals surface area contributed by atoms with Crippen LogP contribution in [0.25, 0.3) is 0 Å². The summed E-state index contributed by atoms with van der Waals surface area (Å²) in [7, 11) is 0. The van der Waals surface area contributed by atoms with E-state index in [0.717, 1.165) is 0 Å². The standard InChI is InChI=1S/C10H20N2O4/c1-2-10(16)11-3-4-12(5-6-13)7-9(15)8-14/h2,9,13-15H,1,3-8H2,(H,11,16). The highest BCUT2D eigenvalue weighted by Crippen LogP contribution is 1.91. The van der Waals surface area contributed by atoms with E-state index in [1.165, 1.54) is 6.08 Å². The highest BCUT2D eigenvalue weighted by Gasteiger charge is 2.10. The van der Waals surface area contributed by atoms with Crippen LogP contribution in [0, 0.1) is 0 Å². The molecule has 0 heterocycles. The monoisotopic (exact) mass is 232 g/mol. The van der Waals surface area contributed by atoms with Crippen molar-refractivity contribution < 1.29 is 20.1 Å².